The number of nitrogens with one attached hydrogen (secondary N) is 2. The highest BCUT2D eigenvalue weighted by Crippen LogP contribution is 2.35. The fourth-order valence-corrected chi connectivity index (χ4v) is 2.67. The molecule has 0 amide bonds. The van der Waals surface area contributed by atoms with Gasteiger partial charge in [-0.1, -0.05) is 37.8 Å². The van der Waals surface area contributed by atoms with E-state index in [1.54, 1.807) is 0 Å². The van der Waals surface area contributed by atoms with Crippen LogP contribution in [0.25, 0.3) is 0 Å². The maximum atomic E-state index is 4.11. The Bertz CT molecular complexity index is 529. The van der Waals surface area contributed by atoms with E-state index in [1.807, 2.05) is 13.1 Å². The number of hydrogen-bond acceptors (Lipinski definition) is 3. The van der Waals surface area contributed by atoms with E-state index in [2.05, 4.69) is 81.3 Å². The first-order valence-electron chi connectivity index (χ1n) is 8.74. The lowest BCUT2D eigenvalue weighted by Gasteiger charge is -2.35. The standard InChI is InChI=1S/C21H35N3/c1-9-20(23-18(5)17(4)22-7)24(8)19-11-14-21(6,15-12-19)13-10-16(2)3/h9,11-12,14,17,20,22-23H,1-2,5,10,13,15H2,3-4,6-8H3. The molecule has 0 aromatic heterocycles. The molecule has 3 heteroatoms. The summed E-state index contributed by atoms with van der Waals surface area (Å²) in [6.07, 6.45) is 12.1. The van der Waals surface area contributed by atoms with Gasteiger partial charge in [-0.25, -0.2) is 0 Å². The van der Waals surface area contributed by atoms with Crippen molar-refractivity contribution in [1.29, 1.82) is 0 Å². The molecular formula is C21H35N3. The Kier molecular flexibility index (Phi) is 7.56. The molecule has 0 fully saturated rings. The summed E-state index contributed by atoms with van der Waals surface area (Å²) < 4.78 is 0. The van der Waals surface area contributed by atoms with Crippen LogP contribution in [0.2, 0.25) is 0 Å². The van der Waals surface area contributed by atoms with Crippen LogP contribution in [0.1, 0.15) is 40.0 Å². The molecule has 134 valence electrons. The van der Waals surface area contributed by atoms with Crippen molar-refractivity contribution in [3.05, 3.63) is 61.0 Å². The zero-order chi connectivity index (χ0) is 18.3. The van der Waals surface area contributed by atoms with Crippen molar-refractivity contribution in [1.82, 2.24) is 15.5 Å². The molecule has 1 aliphatic rings. The van der Waals surface area contributed by atoms with Crippen LogP contribution in [-0.2, 0) is 0 Å². The zero-order valence-electron chi connectivity index (χ0n) is 16.2. The molecule has 24 heavy (non-hydrogen) atoms. The number of rotatable bonds is 10. The van der Waals surface area contributed by atoms with Crippen LogP contribution in [-0.4, -0.2) is 31.2 Å². The first kappa shape index (κ1) is 20.3. The van der Waals surface area contributed by atoms with E-state index < -0.39 is 0 Å². The molecule has 0 heterocycles. The average molecular weight is 330 g/mol. The van der Waals surface area contributed by atoms with Crippen LogP contribution >= 0.6 is 0 Å². The first-order valence-corrected chi connectivity index (χ1v) is 8.74. The smallest absolute Gasteiger partial charge is 0.118 e. The second-order valence-electron chi connectivity index (χ2n) is 7.25. The van der Waals surface area contributed by atoms with E-state index in [0.29, 0.717) is 0 Å². The molecule has 1 rings (SSSR count). The summed E-state index contributed by atoms with van der Waals surface area (Å²) in [5.74, 6) is 0. The Morgan fingerprint density at radius 1 is 1.46 bits per heavy atom. The molecule has 0 aromatic carbocycles. The lowest BCUT2D eigenvalue weighted by molar-refractivity contribution is 0.312. The maximum absolute atomic E-state index is 4.11. The van der Waals surface area contributed by atoms with Crippen molar-refractivity contribution in [2.24, 2.45) is 5.41 Å². The van der Waals surface area contributed by atoms with Crippen LogP contribution in [0.15, 0.2) is 61.0 Å². The molecule has 3 nitrogen and oxygen atoms in total. The Labute approximate surface area is 148 Å². The highest BCUT2D eigenvalue weighted by atomic mass is 15.3. The summed E-state index contributed by atoms with van der Waals surface area (Å²) in [7, 11) is 4.02. The van der Waals surface area contributed by atoms with Gasteiger partial charge in [0.1, 0.15) is 6.17 Å². The predicted molar refractivity (Wildman–Crippen MR) is 107 cm³/mol. The molecule has 0 radical (unpaired) electrons. The van der Waals surface area contributed by atoms with Crippen LogP contribution in [0.4, 0.5) is 0 Å². The summed E-state index contributed by atoms with van der Waals surface area (Å²) in [4.78, 5) is 2.20. The average Bonchev–Trinajstić information content (AvgIpc) is 2.57. The number of allylic oxidation sites excluding steroid dienone is 4. The van der Waals surface area contributed by atoms with Gasteiger partial charge in [-0.15, -0.1) is 6.58 Å². The van der Waals surface area contributed by atoms with Crippen LogP contribution < -0.4 is 10.6 Å². The van der Waals surface area contributed by atoms with E-state index in [0.717, 1.165) is 25.0 Å². The monoisotopic (exact) mass is 329 g/mol. The largest absolute Gasteiger partial charge is 0.365 e. The van der Waals surface area contributed by atoms with Gasteiger partial charge >= 0.3 is 0 Å². The van der Waals surface area contributed by atoms with Gasteiger partial charge in [0.15, 0.2) is 0 Å². The van der Waals surface area contributed by atoms with E-state index in [4.69, 9.17) is 0 Å². The zero-order valence-corrected chi connectivity index (χ0v) is 16.2. The summed E-state index contributed by atoms with van der Waals surface area (Å²) in [5, 5.41) is 6.64. The summed E-state index contributed by atoms with van der Waals surface area (Å²) in [6.45, 7) is 18.6. The number of nitrogens with zero attached hydrogens (tertiary/aromatic N) is 1. The molecule has 3 atom stereocenters. The molecule has 2 N–H and O–H groups in total. The van der Waals surface area contributed by atoms with Crippen molar-refractivity contribution in [3.63, 3.8) is 0 Å². The second-order valence-corrected chi connectivity index (χ2v) is 7.25. The van der Waals surface area contributed by atoms with Crippen molar-refractivity contribution in [2.75, 3.05) is 14.1 Å². The summed E-state index contributed by atoms with van der Waals surface area (Å²) in [5.41, 5.74) is 3.65. The minimum absolute atomic E-state index is 0.0176. The topological polar surface area (TPSA) is 27.3 Å². The van der Waals surface area contributed by atoms with E-state index in [-0.39, 0.29) is 17.6 Å². The van der Waals surface area contributed by atoms with Crippen LogP contribution in [0.3, 0.4) is 0 Å². The predicted octanol–water partition coefficient (Wildman–Crippen LogP) is 4.35. The lowest BCUT2D eigenvalue weighted by atomic mass is 9.78. The number of likely N-dealkylation sites (N-methyl/N-ethyl adjacent to an activating group) is 2. The Balaban J connectivity index is 2.71. The fraction of sp³-hybridized carbons (Fsp3) is 0.524. The van der Waals surface area contributed by atoms with Crippen LogP contribution in [0.5, 0.6) is 0 Å². The summed E-state index contributed by atoms with van der Waals surface area (Å²) in [6, 6.07) is 0.210. The molecule has 0 spiro atoms. The Morgan fingerprint density at radius 3 is 2.58 bits per heavy atom. The third-order valence-corrected chi connectivity index (χ3v) is 4.89. The quantitative estimate of drug-likeness (QED) is 0.461. The van der Waals surface area contributed by atoms with E-state index in [1.165, 1.54) is 11.3 Å². The molecule has 3 unspecified atom stereocenters. The summed E-state index contributed by atoms with van der Waals surface area (Å²) >= 11 is 0. The fourth-order valence-electron chi connectivity index (χ4n) is 2.67. The maximum Gasteiger partial charge on any atom is 0.118 e. The normalized spacial score (nSPS) is 22.3. The minimum atomic E-state index is 0.0176. The third kappa shape index (κ3) is 5.72. The molecule has 0 saturated carbocycles. The van der Waals surface area contributed by atoms with Gasteiger partial charge < -0.3 is 15.5 Å². The van der Waals surface area contributed by atoms with Gasteiger partial charge in [-0.3, -0.25) is 0 Å². The molecule has 0 aliphatic heterocycles. The highest BCUT2D eigenvalue weighted by molar-refractivity contribution is 5.27. The van der Waals surface area contributed by atoms with Gasteiger partial charge in [0.2, 0.25) is 0 Å². The molecule has 1 aliphatic carbocycles. The Hall–Kier alpha value is -1.74. The molecule has 0 saturated heterocycles. The van der Waals surface area contributed by atoms with Gasteiger partial charge in [-0.2, -0.15) is 0 Å². The second kappa shape index (κ2) is 8.93. The van der Waals surface area contributed by atoms with E-state index in [9.17, 15) is 0 Å². The highest BCUT2D eigenvalue weighted by Gasteiger charge is 2.24. The molecule has 0 aromatic rings. The van der Waals surface area contributed by atoms with Crippen molar-refractivity contribution < 1.29 is 0 Å². The molecular weight excluding hydrogens is 294 g/mol. The van der Waals surface area contributed by atoms with Crippen LogP contribution in [0, 0.1) is 5.41 Å². The van der Waals surface area contributed by atoms with Gasteiger partial charge in [0.05, 0.1) is 0 Å². The van der Waals surface area contributed by atoms with Gasteiger partial charge in [0, 0.05) is 24.5 Å². The minimum Gasteiger partial charge on any atom is -0.365 e. The molecule has 0 bridgehead atoms. The third-order valence-electron chi connectivity index (χ3n) is 4.89. The van der Waals surface area contributed by atoms with E-state index >= 15 is 0 Å². The van der Waals surface area contributed by atoms with Gasteiger partial charge in [-0.05, 0) is 57.7 Å². The van der Waals surface area contributed by atoms with Crippen molar-refractivity contribution >= 4 is 0 Å². The van der Waals surface area contributed by atoms with Crippen molar-refractivity contribution in [2.45, 2.75) is 52.2 Å². The van der Waals surface area contributed by atoms with Crippen molar-refractivity contribution in [3.8, 4) is 0 Å². The first-order chi connectivity index (χ1) is 11.2. The lowest BCUT2D eigenvalue weighted by Crippen LogP contribution is -2.44. The number of hydrogen-bond donors (Lipinski definition) is 2. The van der Waals surface area contributed by atoms with Gasteiger partial charge in [0.25, 0.3) is 0 Å². The SMILES string of the molecule is C=CC(NC(=C)C(C)NC)N(C)C1=CCC(C)(CCC(=C)C)C=C1. The Morgan fingerprint density at radius 2 is 2.12 bits per heavy atom.